The van der Waals surface area contributed by atoms with Crippen molar-refractivity contribution in [2.45, 2.75) is 92.2 Å². The molecule has 234 valence electrons. The van der Waals surface area contributed by atoms with Crippen LogP contribution in [-0.4, -0.2) is 76.4 Å². The molecular weight excluding hydrogens is 548 g/mol. The van der Waals surface area contributed by atoms with Gasteiger partial charge in [-0.25, -0.2) is 9.78 Å². The highest BCUT2D eigenvalue weighted by molar-refractivity contribution is 6.06. The van der Waals surface area contributed by atoms with Gasteiger partial charge in [-0.1, -0.05) is 33.6 Å². The second kappa shape index (κ2) is 12.8. The van der Waals surface area contributed by atoms with E-state index in [0.717, 1.165) is 24.4 Å². The third-order valence-corrected chi connectivity index (χ3v) is 7.87. The third-order valence-electron chi connectivity index (χ3n) is 7.87. The minimum atomic E-state index is -0.750. The number of anilines is 2. The van der Waals surface area contributed by atoms with Gasteiger partial charge in [0.05, 0.1) is 11.9 Å². The maximum Gasteiger partial charge on any atom is 0.410 e. The number of carbonyl (C=O) groups is 4. The molecule has 1 aliphatic carbocycles. The van der Waals surface area contributed by atoms with Crippen molar-refractivity contribution in [1.29, 1.82) is 0 Å². The van der Waals surface area contributed by atoms with E-state index in [1.165, 1.54) is 0 Å². The van der Waals surface area contributed by atoms with Gasteiger partial charge in [0.2, 0.25) is 5.91 Å². The number of nitrogens with one attached hydrogen (secondary N) is 3. The maximum absolute atomic E-state index is 13.4. The fourth-order valence-corrected chi connectivity index (χ4v) is 5.69. The molecule has 0 saturated carbocycles. The summed E-state index contributed by atoms with van der Waals surface area (Å²) in [6.45, 7) is 15.8. The number of nitrogens with zero attached hydrogens (tertiary/aromatic N) is 3. The lowest BCUT2D eigenvalue weighted by Crippen LogP contribution is -2.50. The molecular formula is C32H46N6O5. The van der Waals surface area contributed by atoms with E-state index in [9.17, 15) is 19.2 Å². The summed E-state index contributed by atoms with van der Waals surface area (Å²) in [7, 11) is 0. The molecule has 1 aliphatic heterocycles. The first-order valence-corrected chi connectivity index (χ1v) is 15.2. The van der Waals surface area contributed by atoms with Gasteiger partial charge in [0.25, 0.3) is 5.91 Å². The Kier molecular flexibility index (Phi) is 9.51. The van der Waals surface area contributed by atoms with Crippen molar-refractivity contribution >= 4 is 35.2 Å². The summed E-state index contributed by atoms with van der Waals surface area (Å²) >= 11 is 0. The van der Waals surface area contributed by atoms with Gasteiger partial charge in [0.15, 0.2) is 5.78 Å². The van der Waals surface area contributed by atoms with Gasteiger partial charge in [-0.15, -0.1) is 0 Å². The van der Waals surface area contributed by atoms with E-state index in [4.69, 9.17) is 4.74 Å². The van der Waals surface area contributed by atoms with Gasteiger partial charge in [-0.05, 0) is 63.6 Å². The number of aromatic nitrogens is 2. The van der Waals surface area contributed by atoms with E-state index in [1.807, 2.05) is 47.6 Å². The summed E-state index contributed by atoms with van der Waals surface area (Å²) in [6, 6.07) is 2.87. The van der Waals surface area contributed by atoms with E-state index in [0.29, 0.717) is 67.9 Å². The largest absolute Gasteiger partial charge is 0.444 e. The fraction of sp³-hybridized carbons (Fsp3) is 0.594. The molecule has 11 heteroatoms. The van der Waals surface area contributed by atoms with Crippen molar-refractivity contribution in [3.05, 3.63) is 40.8 Å². The first-order valence-electron chi connectivity index (χ1n) is 15.2. The van der Waals surface area contributed by atoms with Crippen LogP contribution in [-0.2, 0) is 16.0 Å². The molecule has 3 heterocycles. The molecule has 4 rings (SSSR count). The highest BCUT2D eigenvalue weighted by Crippen LogP contribution is 2.36. The minimum absolute atomic E-state index is 0.0418. The zero-order chi connectivity index (χ0) is 31.5. The van der Waals surface area contributed by atoms with Crippen LogP contribution in [0.1, 0.15) is 99.3 Å². The summed E-state index contributed by atoms with van der Waals surface area (Å²) in [5.74, 6) is 0.0723. The number of carbonyl (C=O) groups excluding carboxylic acids is 4. The van der Waals surface area contributed by atoms with Crippen LogP contribution < -0.4 is 15.5 Å². The average molecular weight is 595 g/mol. The zero-order valence-electron chi connectivity index (χ0n) is 26.6. The van der Waals surface area contributed by atoms with Crippen LogP contribution in [0.3, 0.4) is 0 Å². The molecule has 3 N–H and O–H groups in total. The standard InChI is InChI=1S/C32H46N6O5/c1-8-9-10-22(36-29(41)27-20(2)26-23(35-27)17-32(6,7)18-24(26)39)28(40)34-21-11-12-25(33-19-21)37-13-15-38(16-14-37)30(42)43-31(3,4)5/h11-12,19,22,35H,8-10,13-18H2,1-7H3,(H,34,40)(H,36,41). The Bertz CT molecular complexity index is 1350. The number of hydrogen-bond acceptors (Lipinski definition) is 7. The monoisotopic (exact) mass is 594 g/mol. The summed E-state index contributed by atoms with van der Waals surface area (Å²) in [4.78, 5) is 63.3. The van der Waals surface area contributed by atoms with E-state index in [2.05, 4.69) is 25.5 Å². The molecule has 0 spiro atoms. The van der Waals surface area contributed by atoms with Crippen molar-refractivity contribution in [2.75, 3.05) is 36.4 Å². The van der Waals surface area contributed by atoms with Gasteiger partial charge >= 0.3 is 6.09 Å². The minimum Gasteiger partial charge on any atom is -0.444 e. The lowest BCUT2D eigenvalue weighted by molar-refractivity contribution is -0.118. The number of fused-ring (bicyclic) bond motifs is 1. The Hall–Kier alpha value is -3.89. The molecule has 43 heavy (non-hydrogen) atoms. The molecule has 1 atom stereocenters. The van der Waals surface area contributed by atoms with Crippen LogP contribution in [0.25, 0.3) is 0 Å². The molecule has 2 aromatic rings. The fourth-order valence-electron chi connectivity index (χ4n) is 5.69. The van der Waals surface area contributed by atoms with Crippen molar-refractivity contribution in [3.63, 3.8) is 0 Å². The number of H-pyrrole nitrogens is 1. The molecule has 2 aromatic heterocycles. The van der Waals surface area contributed by atoms with Crippen LogP contribution in [0.4, 0.5) is 16.3 Å². The molecule has 2 aliphatic rings. The first-order chi connectivity index (χ1) is 20.2. The first kappa shape index (κ1) is 32.0. The number of ketones is 1. The van der Waals surface area contributed by atoms with Gasteiger partial charge in [-0.3, -0.25) is 14.4 Å². The van der Waals surface area contributed by atoms with Gasteiger partial charge < -0.3 is 30.2 Å². The number of ether oxygens (including phenoxy) is 1. The van der Waals surface area contributed by atoms with E-state index in [-0.39, 0.29) is 23.2 Å². The molecule has 0 radical (unpaired) electrons. The highest BCUT2D eigenvalue weighted by atomic mass is 16.6. The van der Waals surface area contributed by atoms with Crippen molar-refractivity contribution in [3.8, 4) is 0 Å². The summed E-state index contributed by atoms with van der Waals surface area (Å²) in [6.07, 6.45) is 4.52. The molecule has 0 aromatic carbocycles. The number of pyridine rings is 1. The third kappa shape index (κ3) is 7.94. The number of aromatic amines is 1. The number of rotatable bonds is 8. The normalized spacial score (nSPS) is 17.2. The van der Waals surface area contributed by atoms with E-state index < -0.39 is 17.6 Å². The Morgan fingerprint density at radius 3 is 2.42 bits per heavy atom. The summed E-state index contributed by atoms with van der Waals surface area (Å²) in [5, 5.41) is 5.79. The second-order valence-electron chi connectivity index (χ2n) is 13.4. The van der Waals surface area contributed by atoms with Crippen LogP contribution in [0.15, 0.2) is 18.3 Å². The van der Waals surface area contributed by atoms with E-state index in [1.54, 1.807) is 24.1 Å². The molecule has 1 fully saturated rings. The van der Waals surface area contributed by atoms with Gasteiger partial charge in [0, 0.05) is 43.9 Å². The zero-order valence-corrected chi connectivity index (χ0v) is 26.6. The quantitative estimate of drug-likeness (QED) is 0.397. The summed E-state index contributed by atoms with van der Waals surface area (Å²) in [5.41, 5.74) is 2.18. The smallest absolute Gasteiger partial charge is 0.410 e. The highest BCUT2D eigenvalue weighted by Gasteiger charge is 2.36. The number of hydrogen-bond donors (Lipinski definition) is 3. The van der Waals surface area contributed by atoms with E-state index >= 15 is 0 Å². The Labute approximate surface area is 254 Å². The summed E-state index contributed by atoms with van der Waals surface area (Å²) < 4.78 is 5.47. The number of amides is 3. The second-order valence-corrected chi connectivity index (χ2v) is 13.4. The van der Waals surface area contributed by atoms with Crippen LogP contribution in [0.5, 0.6) is 0 Å². The number of piperazine rings is 1. The van der Waals surface area contributed by atoms with Crippen molar-refractivity contribution in [1.82, 2.24) is 20.2 Å². The predicted octanol–water partition coefficient (Wildman–Crippen LogP) is 4.86. The Morgan fingerprint density at radius 1 is 1.12 bits per heavy atom. The molecule has 11 nitrogen and oxygen atoms in total. The topological polar surface area (TPSA) is 137 Å². The molecule has 0 bridgehead atoms. The molecule has 1 unspecified atom stereocenters. The average Bonchev–Trinajstić information content (AvgIpc) is 3.25. The van der Waals surface area contributed by atoms with Crippen molar-refractivity contribution < 1.29 is 23.9 Å². The van der Waals surface area contributed by atoms with Crippen molar-refractivity contribution in [2.24, 2.45) is 5.41 Å². The Morgan fingerprint density at radius 2 is 1.81 bits per heavy atom. The lowest BCUT2D eigenvalue weighted by Gasteiger charge is -2.36. The number of Topliss-reactive ketones (excluding diaryl/α,β-unsaturated/α-hetero) is 1. The molecule has 3 amide bonds. The lowest BCUT2D eigenvalue weighted by atomic mass is 9.75. The van der Waals surface area contributed by atoms with Gasteiger partial charge in [-0.2, -0.15) is 0 Å². The van der Waals surface area contributed by atoms with Crippen LogP contribution in [0.2, 0.25) is 0 Å². The molecule has 1 saturated heterocycles. The Balaban J connectivity index is 1.37. The van der Waals surface area contributed by atoms with Crippen LogP contribution >= 0.6 is 0 Å². The number of unbranched alkanes of at least 4 members (excludes halogenated alkanes) is 1. The maximum atomic E-state index is 13.4. The van der Waals surface area contributed by atoms with Gasteiger partial charge in [0.1, 0.15) is 23.2 Å². The van der Waals surface area contributed by atoms with Crippen LogP contribution in [0, 0.1) is 12.3 Å². The predicted molar refractivity (Wildman–Crippen MR) is 166 cm³/mol. The SMILES string of the molecule is CCCCC(NC(=O)c1[nH]c2c(c1C)C(=O)CC(C)(C)C2)C(=O)Nc1ccc(N2CCN(C(=O)OC(C)(C)C)CC2)nc1.